The summed E-state index contributed by atoms with van der Waals surface area (Å²) in [6.07, 6.45) is 5.57. The molecule has 0 amide bonds. The average molecular weight is 356 g/mol. The molecular weight excluding hydrogens is 338 g/mol. The molecule has 2 aromatic rings. The highest BCUT2D eigenvalue weighted by Crippen LogP contribution is 2.28. The zero-order valence-electron chi connectivity index (χ0n) is 12.5. The lowest BCUT2D eigenvalue weighted by Gasteiger charge is -2.22. The predicted octanol–water partition coefficient (Wildman–Crippen LogP) is 2.31. The Morgan fingerprint density at radius 1 is 1.22 bits per heavy atom. The lowest BCUT2D eigenvalue weighted by atomic mass is 9.96. The molecule has 1 aliphatic rings. The van der Waals surface area contributed by atoms with E-state index < -0.39 is 10.0 Å². The molecule has 0 unspecified atom stereocenters. The average Bonchev–Trinajstić information content (AvgIpc) is 3.03. The van der Waals surface area contributed by atoms with E-state index >= 15 is 0 Å². The van der Waals surface area contributed by atoms with E-state index in [-0.39, 0.29) is 22.5 Å². The largest absolute Gasteiger partial charge is 0.242 e. The summed E-state index contributed by atoms with van der Waals surface area (Å²) in [4.78, 5) is 0.0540. The van der Waals surface area contributed by atoms with Crippen LogP contribution in [0, 0.1) is 0 Å². The molecule has 1 aromatic carbocycles. The van der Waals surface area contributed by atoms with Gasteiger partial charge in [-0.15, -0.1) is 5.10 Å². The Hall–Kier alpha value is -1.51. The molecule has 1 aliphatic carbocycles. The lowest BCUT2D eigenvalue weighted by Crippen LogP contribution is -2.27. The second-order valence-corrected chi connectivity index (χ2v) is 7.73. The van der Waals surface area contributed by atoms with Crippen LogP contribution in [-0.4, -0.2) is 28.6 Å². The van der Waals surface area contributed by atoms with E-state index in [1.54, 1.807) is 22.9 Å². The number of tetrazole rings is 1. The van der Waals surface area contributed by atoms with Crippen LogP contribution in [0.5, 0.6) is 0 Å². The minimum Gasteiger partial charge on any atom is -0.225 e. The van der Waals surface area contributed by atoms with Gasteiger partial charge in [0.05, 0.1) is 17.6 Å². The normalized spacial score (nSPS) is 16.6. The molecule has 0 saturated heterocycles. The summed E-state index contributed by atoms with van der Waals surface area (Å²) >= 11 is 5.96. The van der Waals surface area contributed by atoms with Crippen LogP contribution in [0.15, 0.2) is 29.2 Å². The quantitative estimate of drug-likeness (QED) is 0.888. The Kier molecular flexibility index (Phi) is 4.93. The van der Waals surface area contributed by atoms with Gasteiger partial charge in [0.2, 0.25) is 10.0 Å². The van der Waals surface area contributed by atoms with Crippen LogP contribution < -0.4 is 4.72 Å². The molecule has 0 aliphatic heterocycles. The topological polar surface area (TPSA) is 89.8 Å². The summed E-state index contributed by atoms with van der Waals surface area (Å²) in [6, 6.07) is 6.58. The van der Waals surface area contributed by atoms with Crippen molar-refractivity contribution in [2.45, 2.75) is 49.6 Å². The van der Waals surface area contributed by atoms with E-state index in [9.17, 15) is 8.42 Å². The second kappa shape index (κ2) is 6.94. The number of benzene rings is 1. The van der Waals surface area contributed by atoms with Crippen LogP contribution in [0.2, 0.25) is 5.02 Å². The number of hydrogen-bond acceptors (Lipinski definition) is 5. The highest BCUT2D eigenvalue weighted by molar-refractivity contribution is 7.89. The van der Waals surface area contributed by atoms with Crippen molar-refractivity contribution < 1.29 is 8.42 Å². The van der Waals surface area contributed by atoms with Crippen LogP contribution in [0.1, 0.15) is 44.0 Å². The SMILES string of the molecule is O=S(=O)(NCc1nnnn1C1CCCCC1)c1ccccc1Cl. The van der Waals surface area contributed by atoms with Crippen molar-refractivity contribution in [1.29, 1.82) is 0 Å². The van der Waals surface area contributed by atoms with Gasteiger partial charge in [0.25, 0.3) is 0 Å². The first-order chi connectivity index (χ1) is 11.1. The lowest BCUT2D eigenvalue weighted by molar-refractivity contribution is 0.316. The van der Waals surface area contributed by atoms with Crippen molar-refractivity contribution >= 4 is 21.6 Å². The molecule has 1 N–H and O–H groups in total. The number of nitrogens with one attached hydrogen (secondary N) is 1. The van der Waals surface area contributed by atoms with Gasteiger partial charge in [0.1, 0.15) is 4.90 Å². The van der Waals surface area contributed by atoms with Crippen LogP contribution in [0.4, 0.5) is 0 Å². The molecule has 3 rings (SSSR count). The zero-order valence-corrected chi connectivity index (χ0v) is 14.1. The number of rotatable bonds is 5. The van der Waals surface area contributed by atoms with Crippen molar-refractivity contribution in [3.8, 4) is 0 Å². The Labute approximate surface area is 140 Å². The van der Waals surface area contributed by atoms with Crippen molar-refractivity contribution in [2.75, 3.05) is 0 Å². The van der Waals surface area contributed by atoms with Gasteiger partial charge in [-0.3, -0.25) is 0 Å². The van der Waals surface area contributed by atoms with Gasteiger partial charge in [-0.25, -0.2) is 17.8 Å². The fraction of sp³-hybridized carbons (Fsp3) is 0.500. The molecule has 124 valence electrons. The Morgan fingerprint density at radius 2 is 1.96 bits per heavy atom. The van der Waals surface area contributed by atoms with Gasteiger partial charge in [0, 0.05) is 0 Å². The molecule has 9 heteroatoms. The molecule has 0 radical (unpaired) electrons. The summed E-state index contributed by atoms with van der Waals surface area (Å²) in [6.45, 7) is 0.0387. The maximum absolute atomic E-state index is 12.4. The highest BCUT2D eigenvalue weighted by atomic mass is 35.5. The zero-order chi connectivity index (χ0) is 16.3. The number of hydrogen-bond donors (Lipinski definition) is 1. The summed E-state index contributed by atoms with van der Waals surface area (Å²) in [5, 5.41) is 11.9. The molecule has 1 fully saturated rings. The molecule has 7 nitrogen and oxygen atoms in total. The first kappa shape index (κ1) is 16.4. The number of halogens is 1. The third kappa shape index (κ3) is 3.70. The molecule has 1 saturated carbocycles. The molecule has 0 atom stereocenters. The van der Waals surface area contributed by atoms with Gasteiger partial charge in [-0.2, -0.15) is 0 Å². The van der Waals surface area contributed by atoms with Crippen molar-refractivity contribution in [2.24, 2.45) is 0 Å². The predicted molar refractivity (Wildman–Crippen MR) is 85.4 cm³/mol. The number of sulfonamides is 1. The molecular formula is C14H18ClN5O2S. The fourth-order valence-electron chi connectivity index (χ4n) is 2.84. The van der Waals surface area contributed by atoms with Crippen molar-refractivity contribution in [3.05, 3.63) is 35.1 Å². The third-order valence-corrected chi connectivity index (χ3v) is 5.93. The van der Waals surface area contributed by atoms with E-state index in [1.807, 2.05) is 0 Å². The third-order valence-electron chi connectivity index (χ3n) is 4.03. The Balaban J connectivity index is 1.74. The first-order valence-electron chi connectivity index (χ1n) is 7.59. The highest BCUT2D eigenvalue weighted by Gasteiger charge is 2.22. The van der Waals surface area contributed by atoms with Crippen LogP contribution in [0.25, 0.3) is 0 Å². The maximum atomic E-state index is 12.4. The van der Waals surface area contributed by atoms with Crippen molar-refractivity contribution in [3.63, 3.8) is 0 Å². The van der Waals surface area contributed by atoms with E-state index in [1.165, 1.54) is 12.5 Å². The molecule has 0 bridgehead atoms. The van der Waals surface area contributed by atoms with Gasteiger partial charge in [-0.1, -0.05) is 43.0 Å². The number of aromatic nitrogens is 4. The molecule has 1 aromatic heterocycles. The first-order valence-corrected chi connectivity index (χ1v) is 9.45. The Morgan fingerprint density at radius 3 is 2.70 bits per heavy atom. The molecule has 23 heavy (non-hydrogen) atoms. The smallest absolute Gasteiger partial charge is 0.225 e. The van der Waals surface area contributed by atoms with Gasteiger partial charge in [0.15, 0.2) is 5.82 Å². The van der Waals surface area contributed by atoms with Crippen LogP contribution >= 0.6 is 11.6 Å². The summed E-state index contributed by atoms with van der Waals surface area (Å²) in [7, 11) is -3.71. The van der Waals surface area contributed by atoms with Crippen LogP contribution in [0.3, 0.4) is 0 Å². The molecule has 0 spiro atoms. The summed E-state index contributed by atoms with van der Waals surface area (Å²) in [5.74, 6) is 0.521. The number of nitrogens with zero attached hydrogens (tertiary/aromatic N) is 4. The maximum Gasteiger partial charge on any atom is 0.242 e. The summed E-state index contributed by atoms with van der Waals surface area (Å²) in [5.41, 5.74) is 0. The van der Waals surface area contributed by atoms with Gasteiger partial charge in [-0.05, 0) is 35.4 Å². The van der Waals surface area contributed by atoms with Gasteiger partial charge >= 0.3 is 0 Å². The second-order valence-electron chi connectivity index (χ2n) is 5.59. The molecule has 1 heterocycles. The van der Waals surface area contributed by atoms with E-state index in [0.29, 0.717) is 5.82 Å². The van der Waals surface area contributed by atoms with E-state index in [2.05, 4.69) is 20.2 Å². The minimum absolute atomic E-state index is 0.0387. The monoisotopic (exact) mass is 355 g/mol. The van der Waals surface area contributed by atoms with Crippen LogP contribution in [-0.2, 0) is 16.6 Å². The van der Waals surface area contributed by atoms with Crippen molar-refractivity contribution in [1.82, 2.24) is 24.9 Å². The van der Waals surface area contributed by atoms with E-state index in [0.717, 1.165) is 25.7 Å². The van der Waals surface area contributed by atoms with Gasteiger partial charge < -0.3 is 0 Å². The van der Waals surface area contributed by atoms with E-state index in [4.69, 9.17) is 11.6 Å². The summed E-state index contributed by atoms with van der Waals surface area (Å²) < 4.78 is 29.0. The minimum atomic E-state index is -3.71. The standard InChI is InChI=1S/C14H18ClN5O2S/c15-12-8-4-5-9-13(12)23(21,22)16-10-14-17-18-19-20(14)11-6-2-1-3-7-11/h4-5,8-9,11,16H,1-3,6-7,10H2. The Bertz CT molecular complexity index is 771. The fourth-order valence-corrected chi connectivity index (χ4v) is 4.34.